The highest BCUT2D eigenvalue weighted by Gasteiger charge is 2.18. The van der Waals surface area contributed by atoms with Crippen LogP contribution in [0.25, 0.3) is 0 Å². The van der Waals surface area contributed by atoms with Crippen LogP contribution in [0.5, 0.6) is 0 Å². The second-order valence-electron chi connectivity index (χ2n) is 5.19. The van der Waals surface area contributed by atoms with E-state index in [-0.39, 0.29) is 11.9 Å². The van der Waals surface area contributed by atoms with Gasteiger partial charge >= 0.3 is 0 Å². The van der Waals surface area contributed by atoms with Crippen molar-refractivity contribution in [2.75, 3.05) is 17.6 Å². The van der Waals surface area contributed by atoms with Crippen LogP contribution in [0.1, 0.15) is 33.4 Å². The first kappa shape index (κ1) is 15.3. The van der Waals surface area contributed by atoms with Gasteiger partial charge in [-0.15, -0.1) is 0 Å². The summed E-state index contributed by atoms with van der Waals surface area (Å²) in [6, 6.07) is -0.346. The van der Waals surface area contributed by atoms with Gasteiger partial charge in [0.2, 0.25) is 5.91 Å². The number of hydrogen-bond acceptors (Lipinski definition) is 4. The summed E-state index contributed by atoms with van der Waals surface area (Å²) in [5.41, 5.74) is 7.47. The van der Waals surface area contributed by atoms with Gasteiger partial charge in [0, 0.05) is 13.6 Å². The Labute approximate surface area is 114 Å². The molecule has 0 aliphatic heterocycles. The minimum Gasteiger partial charge on any atom is -0.394 e. The highest BCUT2D eigenvalue weighted by atomic mass is 16.2. The normalized spacial score (nSPS) is 12.5. The van der Waals surface area contributed by atoms with E-state index in [9.17, 15) is 4.79 Å². The molecule has 108 valence electrons. The second-order valence-corrected chi connectivity index (χ2v) is 5.19. The number of rotatable bonds is 6. The van der Waals surface area contributed by atoms with Gasteiger partial charge in [0.15, 0.2) is 0 Å². The molecule has 0 radical (unpaired) electrons. The van der Waals surface area contributed by atoms with E-state index >= 15 is 0 Å². The molecule has 0 spiro atoms. The van der Waals surface area contributed by atoms with Crippen LogP contribution in [0.3, 0.4) is 0 Å². The van der Waals surface area contributed by atoms with Gasteiger partial charge in [-0.3, -0.25) is 9.48 Å². The van der Waals surface area contributed by atoms with Crippen molar-refractivity contribution in [3.05, 3.63) is 5.69 Å². The van der Waals surface area contributed by atoms with Crippen LogP contribution in [0.15, 0.2) is 0 Å². The predicted octanol–water partition coefficient (Wildman–Crippen LogP) is 1.14. The Hall–Kier alpha value is -1.72. The molecule has 1 aromatic rings. The zero-order valence-electron chi connectivity index (χ0n) is 12.4. The number of nitrogens with one attached hydrogen (secondary N) is 2. The van der Waals surface area contributed by atoms with Crippen LogP contribution >= 0.6 is 0 Å². The molecule has 0 bridgehead atoms. The van der Waals surface area contributed by atoms with Crippen LogP contribution in [-0.4, -0.2) is 28.3 Å². The average molecular weight is 267 g/mol. The van der Waals surface area contributed by atoms with E-state index in [1.807, 2.05) is 20.9 Å². The first-order chi connectivity index (χ1) is 8.86. The summed E-state index contributed by atoms with van der Waals surface area (Å²) in [6.45, 7) is 8.61. The standard InChI is InChI=1S/C13H25N5O/c1-6-10-11(14)12(18(5)17-10)16-9(4)13(19)15-7-8(2)3/h8-9,16H,6-7,14H2,1-5H3,(H,15,19). The smallest absolute Gasteiger partial charge is 0.242 e. The fourth-order valence-corrected chi connectivity index (χ4v) is 1.76. The minimum absolute atomic E-state index is 0.0349. The molecule has 19 heavy (non-hydrogen) atoms. The van der Waals surface area contributed by atoms with Gasteiger partial charge in [-0.2, -0.15) is 5.10 Å². The number of aromatic nitrogens is 2. The third-order valence-corrected chi connectivity index (χ3v) is 2.93. The van der Waals surface area contributed by atoms with Gasteiger partial charge < -0.3 is 16.4 Å². The Morgan fingerprint density at radius 1 is 1.42 bits per heavy atom. The molecule has 0 fully saturated rings. The van der Waals surface area contributed by atoms with E-state index < -0.39 is 0 Å². The van der Waals surface area contributed by atoms with Crippen molar-refractivity contribution >= 4 is 17.4 Å². The van der Waals surface area contributed by atoms with E-state index in [1.54, 1.807) is 4.68 Å². The SMILES string of the molecule is CCc1nn(C)c(NC(C)C(=O)NCC(C)C)c1N. The Balaban J connectivity index is 2.69. The van der Waals surface area contributed by atoms with E-state index in [0.717, 1.165) is 12.1 Å². The zero-order chi connectivity index (χ0) is 14.6. The van der Waals surface area contributed by atoms with Crippen molar-refractivity contribution in [1.29, 1.82) is 0 Å². The first-order valence-corrected chi connectivity index (χ1v) is 6.72. The molecule has 4 N–H and O–H groups in total. The molecular weight excluding hydrogens is 242 g/mol. The number of carbonyl (C=O) groups is 1. The van der Waals surface area contributed by atoms with E-state index in [4.69, 9.17) is 5.73 Å². The molecule has 1 aromatic heterocycles. The first-order valence-electron chi connectivity index (χ1n) is 6.72. The molecule has 1 rings (SSSR count). The molecule has 1 atom stereocenters. The number of aryl methyl sites for hydroxylation is 2. The number of nitrogens with two attached hydrogens (primary N) is 1. The molecule has 0 aliphatic carbocycles. The number of carbonyl (C=O) groups excluding carboxylic acids is 1. The lowest BCUT2D eigenvalue weighted by molar-refractivity contribution is -0.121. The molecule has 6 nitrogen and oxygen atoms in total. The molecule has 0 aliphatic rings. The zero-order valence-corrected chi connectivity index (χ0v) is 12.4. The van der Waals surface area contributed by atoms with E-state index in [2.05, 4.69) is 29.6 Å². The second kappa shape index (κ2) is 6.45. The van der Waals surface area contributed by atoms with Crippen molar-refractivity contribution in [2.45, 2.75) is 40.2 Å². The fourth-order valence-electron chi connectivity index (χ4n) is 1.76. The lowest BCUT2D eigenvalue weighted by Crippen LogP contribution is -2.39. The van der Waals surface area contributed by atoms with Crippen molar-refractivity contribution in [2.24, 2.45) is 13.0 Å². The Bertz CT molecular complexity index is 438. The highest BCUT2D eigenvalue weighted by Crippen LogP contribution is 2.22. The number of nitrogen functional groups attached to an aromatic ring is 1. The van der Waals surface area contributed by atoms with Gasteiger partial charge in [-0.05, 0) is 19.3 Å². The summed E-state index contributed by atoms with van der Waals surface area (Å²) in [5.74, 6) is 1.10. The average Bonchev–Trinajstić information content (AvgIpc) is 2.62. The summed E-state index contributed by atoms with van der Waals surface area (Å²) in [4.78, 5) is 11.9. The summed E-state index contributed by atoms with van der Waals surface area (Å²) in [6.07, 6.45) is 0.773. The molecule has 1 heterocycles. The van der Waals surface area contributed by atoms with Crippen LogP contribution < -0.4 is 16.4 Å². The van der Waals surface area contributed by atoms with E-state index in [0.29, 0.717) is 24.0 Å². The third kappa shape index (κ3) is 3.87. The lowest BCUT2D eigenvalue weighted by Gasteiger charge is -2.16. The van der Waals surface area contributed by atoms with Crippen molar-refractivity contribution in [3.63, 3.8) is 0 Å². The molecular formula is C13H25N5O. The fraction of sp³-hybridized carbons (Fsp3) is 0.692. The van der Waals surface area contributed by atoms with Gasteiger partial charge in [0.25, 0.3) is 0 Å². The minimum atomic E-state index is -0.346. The molecule has 0 saturated carbocycles. The molecule has 6 heteroatoms. The van der Waals surface area contributed by atoms with E-state index in [1.165, 1.54) is 0 Å². The van der Waals surface area contributed by atoms with Gasteiger partial charge in [0.05, 0.1) is 11.4 Å². The Morgan fingerprint density at radius 3 is 2.53 bits per heavy atom. The highest BCUT2D eigenvalue weighted by molar-refractivity contribution is 5.85. The van der Waals surface area contributed by atoms with Gasteiger partial charge in [-0.1, -0.05) is 20.8 Å². The largest absolute Gasteiger partial charge is 0.394 e. The van der Waals surface area contributed by atoms with Crippen LogP contribution in [0, 0.1) is 5.92 Å². The van der Waals surface area contributed by atoms with Crippen LogP contribution in [-0.2, 0) is 18.3 Å². The summed E-state index contributed by atoms with van der Waals surface area (Å²) >= 11 is 0. The monoisotopic (exact) mass is 267 g/mol. The quantitative estimate of drug-likeness (QED) is 0.721. The van der Waals surface area contributed by atoms with Crippen LogP contribution in [0.2, 0.25) is 0 Å². The molecule has 0 saturated heterocycles. The maximum absolute atomic E-state index is 11.9. The van der Waals surface area contributed by atoms with Crippen molar-refractivity contribution in [3.8, 4) is 0 Å². The summed E-state index contributed by atoms with van der Waals surface area (Å²) in [7, 11) is 1.82. The van der Waals surface area contributed by atoms with Crippen LogP contribution in [0.4, 0.5) is 11.5 Å². The third-order valence-electron chi connectivity index (χ3n) is 2.93. The number of hydrogen-bond donors (Lipinski definition) is 3. The maximum Gasteiger partial charge on any atom is 0.242 e. The lowest BCUT2D eigenvalue weighted by atomic mass is 10.2. The Kier molecular flexibility index (Phi) is 5.20. The number of amides is 1. The van der Waals surface area contributed by atoms with Gasteiger partial charge in [0.1, 0.15) is 11.9 Å². The summed E-state index contributed by atoms with van der Waals surface area (Å²) in [5, 5.41) is 10.3. The predicted molar refractivity (Wildman–Crippen MR) is 77.9 cm³/mol. The molecule has 0 aromatic carbocycles. The maximum atomic E-state index is 11.9. The Morgan fingerprint density at radius 2 is 2.05 bits per heavy atom. The van der Waals surface area contributed by atoms with Crippen molar-refractivity contribution in [1.82, 2.24) is 15.1 Å². The molecule has 1 unspecified atom stereocenters. The van der Waals surface area contributed by atoms with Crippen molar-refractivity contribution < 1.29 is 4.79 Å². The van der Waals surface area contributed by atoms with Gasteiger partial charge in [-0.25, -0.2) is 0 Å². The number of nitrogens with zero attached hydrogens (tertiary/aromatic N) is 2. The number of anilines is 2. The molecule has 1 amide bonds. The summed E-state index contributed by atoms with van der Waals surface area (Å²) < 4.78 is 1.68. The topological polar surface area (TPSA) is 85.0 Å².